The number of aromatic hydroxyl groups is 1. The Hall–Kier alpha value is -7.33. The molecule has 3 aromatic heterocycles. The number of fused-ring (bicyclic) bond motifs is 4. The number of pyridine rings is 1. The molecule has 0 bridgehead atoms. The van der Waals surface area contributed by atoms with Crippen LogP contribution in [0.5, 0.6) is 5.75 Å². The fraction of sp³-hybridized carbons (Fsp3) is 0.0526. The Morgan fingerprint density at radius 3 is 1.90 bits per heavy atom. The van der Waals surface area contributed by atoms with Crippen LogP contribution in [0.4, 0.5) is 0 Å². The van der Waals surface area contributed by atoms with E-state index in [0.717, 1.165) is 77.9 Å². The van der Waals surface area contributed by atoms with E-state index in [-0.39, 0.29) is 32.2 Å². The fourth-order valence-corrected chi connectivity index (χ4v) is 9.04. The third-order valence-corrected chi connectivity index (χ3v) is 12.3. The van der Waals surface area contributed by atoms with Gasteiger partial charge in [0, 0.05) is 60.4 Å². The number of phenols is 1. The molecule has 0 amide bonds. The van der Waals surface area contributed by atoms with Crippen LogP contribution in [-0.2, 0) is 26.5 Å². The Balaban J connectivity index is 0.00000471. The van der Waals surface area contributed by atoms with E-state index in [1.54, 1.807) is 6.07 Å². The zero-order valence-corrected chi connectivity index (χ0v) is 37.0. The molecule has 0 fully saturated rings. The molecular formula is C57H41N4OPt-. The molecule has 0 unspecified atom stereocenters. The molecule has 0 atom stereocenters. The summed E-state index contributed by atoms with van der Waals surface area (Å²) in [4.78, 5) is 10.7. The van der Waals surface area contributed by atoms with Gasteiger partial charge in [-0.05, 0) is 53.6 Å². The molecule has 306 valence electrons. The molecule has 1 N–H and O–H groups in total. The van der Waals surface area contributed by atoms with Gasteiger partial charge in [0.1, 0.15) is 11.6 Å². The van der Waals surface area contributed by atoms with Gasteiger partial charge in [0.15, 0.2) is 0 Å². The van der Waals surface area contributed by atoms with Gasteiger partial charge in [-0.25, -0.2) is 4.98 Å². The summed E-state index contributed by atoms with van der Waals surface area (Å²) in [5.41, 5.74) is 14.3. The van der Waals surface area contributed by atoms with Crippen LogP contribution >= 0.6 is 0 Å². The Bertz CT molecular complexity index is 3450. The molecule has 5 nitrogen and oxygen atoms in total. The van der Waals surface area contributed by atoms with Gasteiger partial charge in [0.2, 0.25) is 0 Å². The largest absolute Gasteiger partial charge is 0.507 e. The Morgan fingerprint density at radius 1 is 0.508 bits per heavy atom. The molecule has 63 heavy (non-hydrogen) atoms. The number of benzene rings is 8. The monoisotopic (exact) mass is 992 g/mol. The van der Waals surface area contributed by atoms with Gasteiger partial charge in [-0.2, -0.15) is 0 Å². The van der Waals surface area contributed by atoms with Crippen molar-refractivity contribution in [2.45, 2.75) is 19.3 Å². The SMILES string of the molecule is CC(C)(c1ccccc1)c1cc(-c2cc3c4ccccc4n(-c4ccccc4)c3cn2)[c-]c(-c2cccc3c2nc(-c2ccccc2O)n3-c2ccccc2-c2ccccc2)c1.[Pt]. The number of para-hydroxylation sites is 5. The van der Waals surface area contributed by atoms with E-state index in [2.05, 4.69) is 193 Å². The minimum atomic E-state index is -0.365. The Morgan fingerprint density at radius 2 is 1.13 bits per heavy atom. The number of hydrogen-bond donors (Lipinski definition) is 1. The van der Waals surface area contributed by atoms with Gasteiger partial charge in [-0.15, -0.1) is 29.3 Å². The Labute approximate surface area is 380 Å². The van der Waals surface area contributed by atoms with Crippen molar-refractivity contribution < 1.29 is 26.2 Å². The van der Waals surface area contributed by atoms with Crippen molar-refractivity contribution in [1.29, 1.82) is 0 Å². The number of phenolic OH excluding ortho intramolecular Hbond substituents is 1. The molecule has 0 radical (unpaired) electrons. The standard InChI is InChI=1S/C57H41N4O.Pt/c1-57(2,41-21-8-4-9-22-41)42-34-39(33-40(35-42)49-36-48-46-26-13-16-30-51(46)60(53(48)37-58-49)43-23-10-5-11-24-43)45-28-18-31-52-55(45)59-56(47-27-14-17-32-54(47)62)61(52)50-29-15-12-25-44(50)38-19-6-3-7-20-38;/h3-32,34-37,62H,1-2H3;/q-1;. The van der Waals surface area contributed by atoms with Gasteiger partial charge >= 0.3 is 0 Å². The average Bonchev–Trinajstić information content (AvgIpc) is 3.88. The van der Waals surface area contributed by atoms with Crippen molar-refractivity contribution in [3.63, 3.8) is 0 Å². The first-order valence-electron chi connectivity index (χ1n) is 21.0. The molecular weight excluding hydrogens is 952 g/mol. The van der Waals surface area contributed by atoms with Crippen molar-refractivity contribution in [2.24, 2.45) is 0 Å². The van der Waals surface area contributed by atoms with E-state index < -0.39 is 0 Å². The maximum absolute atomic E-state index is 11.4. The summed E-state index contributed by atoms with van der Waals surface area (Å²) in [7, 11) is 0. The first-order chi connectivity index (χ1) is 30.4. The van der Waals surface area contributed by atoms with E-state index in [1.165, 1.54) is 10.9 Å². The van der Waals surface area contributed by atoms with Crippen LogP contribution in [0, 0.1) is 6.07 Å². The summed E-state index contributed by atoms with van der Waals surface area (Å²) in [6.45, 7) is 4.56. The molecule has 0 aliphatic carbocycles. The van der Waals surface area contributed by atoms with E-state index in [9.17, 15) is 5.11 Å². The zero-order valence-electron chi connectivity index (χ0n) is 34.7. The topological polar surface area (TPSA) is 55.9 Å². The molecule has 0 saturated heterocycles. The van der Waals surface area contributed by atoms with Gasteiger partial charge in [-0.1, -0.05) is 171 Å². The second-order valence-electron chi connectivity index (χ2n) is 16.3. The normalized spacial score (nSPS) is 11.6. The maximum atomic E-state index is 11.4. The van der Waals surface area contributed by atoms with Crippen LogP contribution in [-0.4, -0.2) is 24.2 Å². The molecule has 11 rings (SSSR count). The molecule has 8 aromatic carbocycles. The zero-order chi connectivity index (χ0) is 41.8. The van der Waals surface area contributed by atoms with Gasteiger partial charge < -0.3 is 9.67 Å². The molecule has 0 spiro atoms. The van der Waals surface area contributed by atoms with Crippen LogP contribution < -0.4 is 0 Å². The van der Waals surface area contributed by atoms with Crippen molar-refractivity contribution in [2.75, 3.05) is 0 Å². The summed E-state index contributed by atoms with van der Waals surface area (Å²) in [5.74, 6) is 0.815. The van der Waals surface area contributed by atoms with E-state index in [0.29, 0.717) is 11.4 Å². The van der Waals surface area contributed by atoms with Crippen LogP contribution in [0.3, 0.4) is 0 Å². The van der Waals surface area contributed by atoms with Crippen LogP contribution in [0.2, 0.25) is 0 Å². The van der Waals surface area contributed by atoms with E-state index >= 15 is 0 Å². The molecule has 6 heteroatoms. The molecule has 0 aliphatic heterocycles. The number of hydrogen-bond acceptors (Lipinski definition) is 3. The van der Waals surface area contributed by atoms with Gasteiger partial charge in [-0.3, -0.25) is 9.55 Å². The van der Waals surface area contributed by atoms with Crippen LogP contribution in [0.25, 0.3) is 89.1 Å². The summed E-state index contributed by atoms with van der Waals surface area (Å²) in [5, 5.41) is 13.7. The number of imidazole rings is 1. The fourth-order valence-electron chi connectivity index (χ4n) is 9.04. The number of nitrogens with zero attached hydrogens (tertiary/aromatic N) is 4. The first kappa shape index (κ1) is 39.8. The predicted molar refractivity (Wildman–Crippen MR) is 254 cm³/mol. The predicted octanol–water partition coefficient (Wildman–Crippen LogP) is 14.0. The molecule has 11 aromatic rings. The molecule has 0 saturated carbocycles. The van der Waals surface area contributed by atoms with Crippen molar-refractivity contribution in [3.05, 3.63) is 224 Å². The third kappa shape index (κ3) is 6.86. The quantitative estimate of drug-likeness (QED) is 0.154. The smallest absolute Gasteiger partial charge is 0.148 e. The third-order valence-electron chi connectivity index (χ3n) is 12.3. The van der Waals surface area contributed by atoms with Crippen LogP contribution in [0.1, 0.15) is 25.0 Å². The minimum absolute atomic E-state index is 0. The summed E-state index contributed by atoms with van der Waals surface area (Å²) in [6, 6.07) is 72.9. The van der Waals surface area contributed by atoms with Crippen molar-refractivity contribution in [3.8, 4) is 62.0 Å². The summed E-state index contributed by atoms with van der Waals surface area (Å²) < 4.78 is 4.48. The summed E-state index contributed by atoms with van der Waals surface area (Å²) in [6.07, 6.45) is 2.01. The Kier molecular flexibility index (Phi) is 10.2. The van der Waals surface area contributed by atoms with E-state index in [4.69, 9.17) is 9.97 Å². The van der Waals surface area contributed by atoms with Crippen molar-refractivity contribution >= 4 is 32.8 Å². The number of aromatic nitrogens is 4. The maximum Gasteiger partial charge on any atom is 0.148 e. The van der Waals surface area contributed by atoms with Gasteiger partial charge in [0.05, 0.1) is 33.3 Å². The van der Waals surface area contributed by atoms with Gasteiger partial charge in [0.25, 0.3) is 0 Å². The second kappa shape index (κ2) is 16.2. The number of rotatable bonds is 8. The minimum Gasteiger partial charge on any atom is -0.507 e. The molecule has 0 aliphatic rings. The van der Waals surface area contributed by atoms with Crippen LogP contribution in [0.15, 0.2) is 206 Å². The van der Waals surface area contributed by atoms with Crippen molar-refractivity contribution in [1.82, 2.24) is 19.1 Å². The van der Waals surface area contributed by atoms with E-state index in [1.807, 2.05) is 36.5 Å². The summed E-state index contributed by atoms with van der Waals surface area (Å²) >= 11 is 0. The average molecular weight is 993 g/mol. The first-order valence-corrected chi connectivity index (χ1v) is 21.0. The second-order valence-corrected chi connectivity index (χ2v) is 16.3. The molecule has 3 heterocycles.